The van der Waals surface area contributed by atoms with Crippen LogP contribution in [0.15, 0.2) is 28.8 Å². The summed E-state index contributed by atoms with van der Waals surface area (Å²) in [5, 5.41) is 7.38. The largest absolute Gasteiger partial charge is 0.481 e. The lowest BCUT2D eigenvalue weighted by Gasteiger charge is -2.30. The fourth-order valence-corrected chi connectivity index (χ4v) is 2.41. The van der Waals surface area contributed by atoms with Gasteiger partial charge in [-0.05, 0) is 38.2 Å². The average molecular weight is 306 g/mol. The van der Waals surface area contributed by atoms with Crippen LogP contribution in [0.5, 0.6) is 5.75 Å². The Morgan fingerprint density at radius 3 is 2.91 bits per heavy atom. The zero-order valence-corrected chi connectivity index (χ0v) is 12.6. The fraction of sp³-hybridized carbons (Fsp3) is 0.467. The first-order chi connectivity index (χ1) is 10.6. The van der Waals surface area contributed by atoms with Crippen molar-refractivity contribution in [1.29, 1.82) is 0 Å². The molecule has 1 aliphatic rings. The second-order valence-electron chi connectivity index (χ2n) is 5.41. The molecule has 2 unspecified atom stereocenters. The normalized spacial score (nSPS) is 20.8. The van der Waals surface area contributed by atoms with Crippen molar-refractivity contribution in [2.24, 2.45) is 0 Å². The number of ether oxygens (including phenoxy) is 1. The predicted molar refractivity (Wildman–Crippen MR) is 78.0 cm³/mol. The number of benzene rings is 1. The molecule has 2 aromatic rings. The zero-order chi connectivity index (χ0) is 15.5. The quantitative estimate of drug-likeness (QED) is 0.931. The minimum atomic E-state index is -0.395. The highest BCUT2D eigenvalue weighted by Crippen LogP contribution is 2.23. The van der Waals surface area contributed by atoms with Crippen LogP contribution in [0.3, 0.4) is 0 Å². The molecule has 0 radical (unpaired) electrons. The number of nitrogens with one attached hydrogen (secondary N) is 1. The molecule has 0 saturated carbocycles. The summed E-state index contributed by atoms with van der Waals surface area (Å²) in [6.07, 6.45) is -0.395. The van der Waals surface area contributed by atoms with E-state index in [4.69, 9.17) is 9.26 Å². The molecule has 22 heavy (non-hydrogen) atoms. The summed E-state index contributed by atoms with van der Waals surface area (Å²) in [6, 6.07) is 5.95. The van der Waals surface area contributed by atoms with Crippen molar-refractivity contribution in [1.82, 2.24) is 20.4 Å². The Kier molecular flexibility index (Phi) is 4.35. The van der Waals surface area contributed by atoms with Gasteiger partial charge in [-0.1, -0.05) is 5.16 Å². The maximum Gasteiger partial charge on any atom is 0.267 e. The highest BCUT2D eigenvalue weighted by Gasteiger charge is 2.26. The number of nitrogens with zero attached hydrogens (tertiary/aromatic N) is 3. The van der Waals surface area contributed by atoms with Crippen molar-refractivity contribution >= 4 is 0 Å². The van der Waals surface area contributed by atoms with E-state index in [1.165, 1.54) is 12.1 Å². The molecule has 6 nitrogen and oxygen atoms in total. The molecule has 1 aliphatic heterocycles. The van der Waals surface area contributed by atoms with Crippen molar-refractivity contribution in [2.45, 2.75) is 19.1 Å². The van der Waals surface area contributed by atoms with Crippen LogP contribution in [0.1, 0.15) is 30.8 Å². The molecule has 1 saturated heterocycles. The molecule has 2 heterocycles. The van der Waals surface area contributed by atoms with Crippen molar-refractivity contribution in [3.05, 3.63) is 41.8 Å². The number of hydrogen-bond acceptors (Lipinski definition) is 6. The maximum absolute atomic E-state index is 12.9. The first-order valence-electron chi connectivity index (χ1n) is 7.30. The molecule has 0 aliphatic carbocycles. The minimum Gasteiger partial charge on any atom is -0.481 e. The summed E-state index contributed by atoms with van der Waals surface area (Å²) in [7, 11) is 2.04. The van der Waals surface area contributed by atoms with E-state index in [0.717, 1.165) is 19.6 Å². The molecule has 7 heteroatoms. The highest BCUT2D eigenvalue weighted by atomic mass is 19.1. The van der Waals surface area contributed by atoms with Crippen LogP contribution in [0.2, 0.25) is 0 Å². The Morgan fingerprint density at radius 2 is 2.18 bits per heavy atom. The summed E-state index contributed by atoms with van der Waals surface area (Å²) < 4.78 is 23.9. The molecule has 1 aromatic carbocycles. The van der Waals surface area contributed by atoms with Crippen LogP contribution in [0.4, 0.5) is 4.39 Å². The summed E-state index contributed by atoms with van der Waals surface area (Å²) in [5.41, 5.74) is 0. The molecular formula is C15H19FN4O2. The monoisotopic (exact) mass is 306 g/mol. The molecule has 1 N–H and O–H groups in total. The van der Waals surface area contributed by atoms with Crippen LogP contribution < -0.4 is 10.1 Å². The first-order valence-corrected chi connectivity index (χ1v) is 7.30. The number of halogens is 1. The maximum atomic E-state index is 12.9. The Balaban J connectivity index is 1.68. The molecule has 1 aromatic heterocycles. The topological polar surface area (TPSA) is 63.4 Å². The van der Waals surface area contributed by atoms with Crippen LogP contribution in [-0.2, 0) is 0 Å². The van der Waals surface area contributed by atoms with Gasteiger partial charge in [0.1, 0.15) is 11.6 Å². The van der Waals surface area contributed by atoms with Crippen molar-refractivity contribution in [2.75, 3.05) is 26.7 Å². The Morgan fingerprint density at radius 1 is 1.41 bits per heavy atom. The second-order valence-corrected chi connectivity index (χ2v) is 5.41. The minimum absolute atomic E-state index is 0.101. The van der Waals surface area contributed by atoms with Crippen LogP contribution in [0.25, 0.3) is 0 Å². The lowest BCUT2D eigenvalue weighted by molar-refractivity contribution is 0.173. The molecular weight excluding hydrogens is 287 g/mol. The standard InChI is InChI=1S/C15H19FN4O2/c1-10(21-12-5-3-11(16)4-6-12)15-18-14(19-22-15)13-9-17-7-8-20(13)2/h3-6,10,13,17H,7-9H2,1-2H3. The summed E-state index contributed by atoms with van der Waals surface area (Å²) in [5.74, 6) is 1.33. The van der Waals surface area contributed by atoms with Gasteiger partial charge in [0.25, 0.3) is 5.89 Å². The Labute approximate surface area is 128 Å². The number of aromatic nitrogens is 2. The Hall–Kier alpha value is -1.99. The first kappa shape index (κ1) is 14.9. The van der Waals surface area contributed by atoms with E-state index in [9.17, 15) is 4.39 Å². The van der Waals surface area contributed by atoms with Gasteiger partial charge >= 0.3 is 0 Å². The van der Waals surface area contributed by atoms with Gasteiger partial charge in [0.05, 0.1) is 6.04 Å². The molecule has 1 fully saturated rings. The molecule has 2 atom stereocenters. The van der Waals surface area contributed by atoms with Crippen LogP contribution >= 0.6 is 0 Å². The third kappa shape index (κ3) is 3.26. The average Bonchev–Trinajstić information content (AvgIpc) is 3.00. The van der Waals surface area contributed by atoms with Gasteiger partial charge in [0, 0.05) is 19.6 Å². The predicted octanol–water partition coefficient (Wildman–Crippen LogP) is 1.92. The molecule has 0 spiro atoms. The smallest absolute Gasteiger partial charge is 0.267 e. The van der Waals surface area contributed by atoms with E-state index in [0.29, 0.717) is 17.5 Å². The number of rotatable bonds is 4. The van der Waals surface area contributed by atoms with Crippen molar-refractivity contribution in [3.8, 4) is 5.75 Å². The van der Waals surface area contributed by atoms with Crippen molar-refractivity contribution < 1.29 is 13.7 Å². The number of likely N-dealkylation sites (N-methyl/N-ethyl adjacent to an activating group) is 1. The van der Waals surface area contributed by atoms with Gasteiger partial charge in [-0.15, -0.1) is 0 Å². The van der Waals surface area contributed by atoms with Gasteiger partial charge in [-0.2, -0.15) is 4.98 Å². The number of hydrogen-bond donors (Lipinski definition) is 1. The van der Waals surface area contributed by atoms with E-state index in [1.54, 1.807) is 12.1 Å². The molecule has 118 valence electrons. The second kappa shape index (κ2) is 6.41. The molecule has 0 bridgehead atoms. The van der Waals surface area contributed by atoms with Crippen LogP contribution in [-0.4, -0.2) is 41.7 Å². The van der Waals surface area contributed by atoms with Gasteiger partial charge in [-0.25, -0.2) is 4.39 Å². The van der Waals surface area contributed by atoms with E-state index < -0.39 is 6.10 Å². The third-order valence-corrected chi connectivity index (χ3v) is 3.74. The van der Waals surface area contributed by atoms with Gasteiger partial charge in [0.2, 0.25) is 0 Å². The number of piperazine rings is 1. The fourth-order valence-electron chi connectivity index (χ4n) is 2.41. The molecule has 0 amide bonds. The third-order valence-electron chi connectivity index (χ3n) is 3.74. The SMILES string of the molecule is CC(Oc1ccc(F)cc1)c1nc(C2CNCCN2C)no1. The summed E-state index contributed by atoms with van der Waals surface area (Å²) in [4.78, 5) is 6.63. The van der Waals surface area contributed by atoms with Gasteiger partial charge in [0.15, 0.2) is 11.9 Å². The zero-order valence-electron chi connectivity index (χ0n) is 12.6. The van der Waals surface area contributed by atoms with E-state index in [2.05, 4.69) is 20.4 Å². The van der Waals surface area contributed by atoms with E-state index in [1.807, 2.05) is 14.0 Å². The summed E-state index contributed by atoms with van der Waals surface area (Å²) >= 11 is 0. The van der Waals surface area contributed by atoms with E-state index in [-0.39, 0.29) is 11.9 Å². The highest BCUT2D eigenvalue weighted by molar-refractivity contribution is 5.22. The lowest BCUT2D eigenvalue weighted by Crippen LogP contribution is -2.44. The van der Waals surface area contributed by atoms with Crippen molar-refractivity contribution in [3.63, 3.8) is 0 Å². The van der Waals surface area contributed by atoms with Gasteiger partial charge in [-0.3, -0.25) is 4.90 Å². The van der Waals surface area contributed by atoms with E-state index >= 15 is 0 Å². The van der Waals surface area contributed by atoms with Crippen LogP contribution in [0, 0.1) is 5.82 Å². The van der Waals surface area contributed by atoms with Gasteiger partial charge < -0.3 is 14.6 Å². The molecule has 3 rings (SSSR count). The summed E-state index contributed by atoms with van der Waals surface area (Å²) in [6.45, 7) is 4.52. The Bertz CT molecular complexity index is 616. The lowest BCUT2D eigenvalue weighted by atomic mass is 10.2.